The summed E-state index contributed by atoms with van der Waals surface area (Å²) < 4.78 is 45.8. The number of rotatable bonds is 7. The third kappa shape index (κ3) is 5.01. The van der Waals surface area contributed by atoms with Gasteiger partial charge in [-0.15, -0.1) is 0 Å². The van der Waals surface area contributed by atoms with Crippen LogP contribution in [0.2, 0.25) is 0 Å². The van der Waals surface area contributed by atoms with Gasteiger partial charge in [0.2, 0.25) is 0 Å². The topological polar surface area (TPSA) is 117 Å². The SMILES string of the molecule is COc1cc2nccc(Oc3ccc(NC(=O)c4cnc(C)n(-c5ccc(F)cc5)c4=O)cc3F)c2nc1OC. The molecule has 0 saturated heterocycles. The Morgan fingerprint density at radius 1 is 0.925 bits per heavy atom. The summed E-state index contributed by atoms with van der Waals surface area (Å²) in [6.07, 6.45) is 2.61. The molecule has 0 bridgehead atoms. The van der Waals surface area contributed by atoms with Gasteiger partial charge in [-0.3, -0.25) is 19.1 Å². The summed E-state index contributed by atoms with van der Waals surface area (Å²) in [5.41, 5.74) is 0.231. The second-order valence-corrected chi connectivity index (χ2v) is 8.41. The quantitative estimate of drug-likeness (QED) is 0.309. The molecule has 0 aliphatic heterocycles. The number of amides is 1. The van der Waals surface area contributed by atoms with Gasteiger partial charge in [-0.1, -0.05) is 0 Å². The zero-order valence-electron chi connectivity index (χ0n) is 21.4. The van der Waals surface area contributed by atoms with E-state index in [1.807, 2.05) is 0 Å². The molecule has 0 atom stereocenters. The Hall–Kier alpha value is -5.39. The van der Waals surface area contributed by atoms with Gasteiger partial charge in [0.1, 0.15) is 22.7 Å². The predicted octanol–water partition coefficient (Wildman–Crippen LogP) is 4.82. The van der Waals surface area contributed by atoms with Crippen LogP contribution in [-0.2, 0) is 0 Å². The molecule has 0 unspecified atom stereocenters. The van der Waals surface area contributed by atoms with Crippen LogP contribution < -0.4 is 25.1 Å². The zero-order chi connectivity index (χ0) is 28.4. The fourth-order valence-electron chi connectivity index (χ4n) is 3.95. The number of aryl methyl sites for hydroxylation is 1. The third-order valence-electron chi connectivity index (χ3n) is 5.90. The number of pyridine rings is 2. The van der Waals surface area contributed by atoms with Crippen molar-refractivity contribution in [1.29, 1.82) is 0 Å². The molecule has 40 heavy (non-hydrogen) atoms. The van der Waals surface area contributed by atoms with E-state index in [9.17, 15) is 14.0 Å². The largest absolute Gasteiger partial charge is 0.491 e. The number of methoxy groups -OCH3 is 2. The summed E-state index contributed by atoms with van der Waals surface area (Å²) >= 11 is 0. The van der Waals surface area contributed by atoms with Gasteiger partial charge in [-0.05, 0) is 43.3 Å². The lowest BCUT2D eigenvalue weighted by atomic mass is 10.2. The van der Waals surface area contributed by atoms with Crippen LogP contribution in [0.5, 0.6) is 23.1 Å². The normalized spacial score (nSPS) is 10.8. The molecular weight excluding hydrogens is 524 g/mol. The van der Waals surface area contributed by atoms with E-state index in [0.717, 1.165) is 12.3 Å². The predicted molar refractivity (Wildman–Crippen MR) is 142 cm³/mol. The molecule has 1 N–H and O–H groups in total. The Bertz CT molecular complexity index is 1810. The summed E-state index contributed by atoms with van der Waals surface area (Å²) in [6, 6.07) is 12.1. The molecule has 12 heteroatoms. The second-order valence-electron chi connectivity index (χ2n) is 8.41. The molecule has 3 aromatic heterocycles. The number of nitrogens with one attached hydrogen (secondary N) is 1. The van der Waals surface area contributed by atoms with Gasteiger partial charge in [0.25, 0.3) is 17.3 Å². The number of hydrogen-bond acceptors (Lipinski definition) is 8. The fourth-order valence-corrected chi connectivity index (χ4v) is 3.95. The summed E-state index contributed by atoms with van der Waals surface area (Å²) in [5.74, 6) is -1.10. The van der Waals surface area contributed by atoms with Crippen molar-refractivity contribution in [3.05, 3.63) is 100 Å². The van der Waals surface area contributed by atoms with Crippen molar-refractivity contribution in [3.63, 3.8) is 0 Å². The van der Waals surface area contributed by atoms with Crippen molar-refractivity contribution in [2.75, 3.05) is 19.5 Å². The molecular formula is C28H21F2N5O5. The Morgan fingerprint density at radius 3 is 2.40 bits per heavy atom. The lowest BCUT2D eigenvalue weighted by molar-refractivity contribution is 0.102. The van der Waals surface area contributed by atoms with Gasteiger partial charge in [-0.2, -0.15) is 0 Å². The molecule has 0 aliphatic rings. The van der Waals surface area contributed by atoms with Crippen molar-refractivity contribution in [3.8, 4) is 28.8 Å². The van der Waals surface area contributed by atoms with Crippen LogP contribution in [0.3, 0.4) is 0 Å². The molecule has 1 amide bonds. The minimum absolute atomic E-state index is 0.0762. The van der Waals surface area contributed by atoms with Gasteiger partial charge in [0, 0.05) is 36.3 Å². The highest BCUT2D eigenvalue weighted by Gasteiger charge is 2.18. The average Bonchev–Trinajstić information content (AvgIpc) is 2.94. The summed E-state index contributed by atoms with van der Waals surface area (Å²) in [5, 5.41) is 2.49. The van der Waals surface area contributed by atoms with Crippen LogP contribution in [0.15, 0.2) is 71.8 Å². The first kappa shape index (κ1) is 26.2. The smallest absolute Gasteiger partial charge is 0.270 e. The number of carbonyl (C=O) groups is 1. The standard InChI is InChI=1S/C28H21F2N5O5/c1-15-32-14-19(28(37)35(15)18-7-4-16(29)5-8-18)26(36)33-17-6-9-22(20(30)12-17)40-23-10-11-31-21-13-24(38-2)27(39-3)34-25(21)23/h4-14H,1-3H3,(H,33,36). The Balaban J connectivity index is 1.40. The maximum absolute atomic E-state index is 15.0. The van der Waals surface area contributed by atoms with Crippen molar-refractivity contribution in [2.24, 2.45) is 0 Å². The minimum Gasteiger partial charge on any atom is -0.491 e. The van der Waals surface area contributed by atoms with E-state index in [1.165, 1.54) is 67.4 Å². The van der Waals surface area contributed by atoms with Crippen molar-refractivity contribution in [1.82, 2.24) is 19.5 Å². The molecule has 0 aliphatic carbocycles. The van der Waals surface area contributed by atoms with Gasteiger partial charge in [0.05, 0.1) is 25.4 Å². The highest BCUT2D eigenvalue weighted by Crippen LogP contribution is 2.35. The van der Waals surface area contributed by atoms with E-state index in [1.54, 1.807) is 13.0 Å². The van der Waals surface area contributed by atoms with Crippen LogP contribution in [0.25, 0.3) is 16.7 Å². The summed E-state index contributed by atoms with van der Waals surface area (Å²) in [6.45, 7) is 1.58. The maximum atomic E-state index is 15.0. The number of benzene rings is 2. The summed E-state index contributed by atoms with van der Waals surface area (Å²) in [4.78, 5) is 38.7. The Kier molecular flexibility index (Phi) is 7.06. The van der Waals surface area contributed by atoms with E-state index in [0.29, 0.717) is 28.3 Å². The molecule has 0 saturated carbocycles. The molecule has 2 aromatic carbocycles. The van der Waals surface area contributed by atoms with Crippen LogP contribution in [0, 0.1) is 18.6 Å². The van der Waals surface area contributed by atoms with E-state index < -0.39 is 23.1 Å². The van der Waals surface area contributed by atoms with Gasteiger partial charge >= 0.3 is 0 Å². The number of nitrogens with zero attached hydrogens (tertiary/aromatic N) is 4. The van der Waals surface area contributed by atoms with Crippen LogP contribution in [0.1, 0.15) is 16.2 Å². The highest BCUT2D eigenvalue weighted by molar-refractivity contribution is 6.03. The van der Waals surface area contributed by atoms with E-state index >= 15 is 4.39 Å². The number of halogens is 2. The van der Waals surface area contributed by atoms with Gasteiger partial charge in [-0.25, -0.2) is 18.7 Å². The molecule has 0 fully saturated rings. The number of aromatic nitrogens is 4. The number of fused-ring (bicyclic) bond motifs is 1. The van der Waals surface area contributed by atoms with E-state index in [-0.39, 0.29) is 28.6 Å². The lowest BCUT2D eigenvalue weighted by Gasteiger charge is -2.13. The molecule has 0 spiro atoms. The van der Waals surface area contributed by atoms with Gasteiger partial charge in [0.15, 0.2) is 23.1 Å². The first-order valence-electron chi connectivity index (χ1n) is 11.8. The zero-order valence-corrected chi connectivity index (χ0v) is 21.4. The first-order chi connectivity index (χ1) is 19.3. The van der Waals surface area contributed by atoms with E-state index in [4.69, 9.17) is 14.2 Å². The fraction of sp³-hybridized carbons (Fsp3) is 0.107. The van der Waals surface area contributed by atoms with Crippen LogP contribution in [-0.4, -0.2) is 39.6 Å². The second kappa shape index (κ2) is 10.8. The average molecular weight is 546 g/mol. The molecule has 0 radical (unpaired) electrons. The van der Waals surface area contributed by atoms with E-state index in [2.05, 4.69) is 20.3 Å². The molecule has 5 rings (SSSR count). The lowest BCUT2D eigenvalue weighted by Crippen LogP contribution is -2.30. The maximum Gasteiger partial charge on any atom is 0.270 e. The van der Waals surface area contributed by atoms with Gasteiger partial charge < -0.3 is 19.5 Å². The van der Waals surface area contributed by atoms with Crippen LogP contribution >= 0.6 is 0 Å². The van der Waals surface area contributed by atoms with Crippen molar-refractivity contribution >= 4 is 22.6 Å². The van der Waals surface area contributed by atoms with Crippen molar-refractivity contribution in [2.45, 2.75) is 6.92 Å². The monoisotopic (exact) mass is 545 g/mol. The number of ether oxygens (including phenoxy) is 3. The molecule has 3 heterocycles. The Labute approximate surface area is 225 Å². The molecule has 5 aromatic rings. The van der Waals surface area contributed by atoms with Crippen LogP contribution in [0.4, 0.5) is 14.5 Å². The number of carbonyl (C=O) groups excluding carboxylic acids is 1. The Morgan fingerprint density at radius 2 is 1.70 bits per heavy atom. The highest BCUT2D eigenvalue weighted by atomic mass is 19.1. The first-order valence-corrected chi connectivity index (χ1v) is 11.8. The number of hydrogen-bond donors (Lipinski definition) is 1. The molecule has 202 valence electrons. The van der Waals surface area contributed by atoms with Crippen molar-refractivity contribution < 1.29 is 27.8 Å². The number of anilines is 1. The molecule has 10 nitrogen and oxygen atoms in total. The summed E-state index contributed by atoms with van der Waals surface area (Å²) in [7, 11) is 2.91. The third-order valence-corrected chi connectivity index (χ3v) is 5.90. The minimum atomic E-state index is -0.799.